The lowest BCUT2D eigenvalue weighted by molar-refractivity contribution is -0.129. The first kappa shape index (κ1) is 21.6. The summed E-state index contributed by atoms with van der Waals surface area (Å²) in [4.78, 5) is 14.7. The van der Waals surface area contributed by atoms with E-state index in [4.69, 9.17) is 4.42 Å². The molecule has 1 N–H and O–H groups in total. The molecule has 0 radical (unpaired) electrons. The fourth-order valence-electron chi connectivity index (χ4n) is 4.18. The average molecular weight is 463 g/mol. The van der Waals surface area contributed by atoms with Crippen LogP contribution >= 0.6 is 11.8 Å². The maximum absolute atomic E-state index is 12.8. The van der Waals surface area contributed by atoms with Crippen LogP contribution in [0.3, 0.4) is 0 Å². The SMILES string of the molecule is CC1CCN(C(=O)CSc2nnc(-c3cc4ccccc4cc3O)n2Cc2ccco2)CC1. The van der Waals surface area contributed by atoms with Gasteiger partial charge in [-0.25, -0.2) is 0 Å². The van der Waals surface area contributed by atoms with Crippen LogP contribution in [-0.2, 0) is 11.3 Å². The summed E-state index contributed by atoms with van der Waals surface area (Å²) in [5.74, 6) is 2.52. The van der Waals surface area contributed by atoms with Gasteiger partial charge in [0.25, 0.3) is 0 Å². The summed E-state index contributed by atoms with van der Waals surface area (Å²) < 4.78 is 7.46. The summed E-state index contributed by atoms with van der Waals surface area (Å²) >= 11 is 1.37. The van der Waals surface area contributed by atoms with E-state index in [-0.39, 0.29) is 11.7 Å². The van der Waals surface area contributed by atoms with Crippen LogP contribution in [-0.4, -0.2) is 49.5 Å². The van der Waals surface area contributed by atoms with Crippen molar-refractivity contribution in [2.45, 2.75) is 31.5 Å². The van der Waals surface area contributed by atoms with Crippen molar-refractivity contribution in [1.29, 1.82) is 0 Å². The number of aromatic nitrogens is 3. The van der Waals surface area contributed by atoms with Gasteiger partial charge in [0.15, 0.2) is 11.0 Å². The molecule has 2 aromatic heterocycles. The summed E-state index contributed by atoms with van der Waals surface area (Å²) in [7, 11) is 0. The number of benzene rings is 2. The van der Waals surface area contributed by atoms with Crippen molar-refractivity contribution in [3.05, 3.63) is 60.6 Å². The third-order valence-corrected chi connectivity index (χ3v) is 7.13. The number of likely N-dealkylation sites (tertiary alicyclic amines) is 1. The number of thioether (sulfide) groups is 1. The Labute approximate surface area is 196 Å². The van der Waals surface area contributed by atoms with Crippen LogP contribution < -0.4 is 0 Å². The molecule has 1 aliphatic rings. The Bertz CT molecular complexity index is 1260. The van der Waals surface area contributed by atoms with Crippen LogP contribution in [0.25, 0.3) is 22.2 Å². The highest BCUT2D eigenvalue weighted by molar-refractivity contribution is 7.99. The van der Waals surface area contributed by atoms with Crippen molar-refractivity contribution in [3.63, 3.8) is 0 Å². The second kappa shape index (κ2) is 9.31. The number of aromatic hydroxyl groups is 1. The Morgan fingerprint density at radius 1 is 1.12 bits per heavy atom. The van der Waals surface area contributed by atoms with E-state index in [0.29, 0.717) is 34.8 Å². The van der Waals surface area contributed by atoms with E-state index in [1.54, 1.807) is 12.3 Å². The summed E-state index contributed by atoms with van der Waals surface area (Å²) in [6.07, 6.45) is 3.73. The summed E-state index contributed by atoms with van der Waals surface area (Å²) in [5.41, 5.74) is 0.593. The normalized spacial score (nSPS) is 14.8. The first-order valence-corrected chi connectivity index (χ1v) is 12.2. The van der Waals surface area contributed by atoms with Gasteiger partial charge in [-0.1, -0.05) is 43.0 Å². The number of amides is 1. The van der Waals surface area contributed by atoms with E-state index in [2.05, 4.69) is 17.1 Å². The fraction of sp³-hybridized carbons (Fsp3) is 0.320. The third-order valence-electron chi connectivity index (χ3n) is 6.18. The van der Waals surface area contributed by atoms with Crippen LogP contribution in [0, 0.1) is 5.92 Å². The number of fused-ring (bicyclic) bond motifs is 1. The van der Waals surface area contributed by atoms with Crippen molar-refractivity contribution < 1.29 is 14.3 Å². The maximum atomic E-state index is 12.8. The molecule has 1 fully saturated rings. The molecule has 8 heteroatoms. The highest BCUT2D eigenvalue weighted by Crippen LogP contribution is 2.34. The molecule has 33 heavy (non-hydrogen) atoms. The second-order valence-electron chi connectivity index (χ2n) is 8.54. The quantitative estimate of drug-likeness (QED) is 0.415. The highest BCUT2D eigenvalue weighted by Gasteiger charge is 2.23. The Morgan fingerprint density at radius 3 is 2.61 bits per heavy atom. The van der Waals surface area contributed by atoms with Crippen LogP contribution in [0.15, 0.2) is 64.4 Å². The van der Waals surface area contributed by atoms with E-state index in [1.165, 1.54) is 11.8 Å². The number of rotatable bonds is 6. The minimum absolute atomic E-state index is 0.120. The molecule has 2 aromatic carbocycles. The number of hydrogen-bond donors (Lipinski definition) is 1. The first-order chi connectivity index (χ1) is 16.1. The minimum Gasteiger partial charge on any atom is -0.507 e. The number of nitrogens with zero attached hydrogens (tertiary/aromatic N) is 4. The molecule has 1 amide bonds. The summed E-state index contributed by atoms with van der Waals surface area (Å²) in [6.45, 7) is 4.27. The van der Waals surface area contributed by atoms with Crippen molar-refractivity contribution in [2.75, 3.05) is 18.8 Å². The lowest BCUT2D eigenvalue weighted by Gasteiger charge is -2.30. The summed E-state index contributed by atoms with van der Waals surface area (Å²) in [5, 5.41) is 22.1. The van der Waals surface area contributed by atoms with Crippen LogP contribution in [0.2, 0.25) is 0 Å². The molecule has 0 aliphatic carbocycles. The molecule has 0 atom stereocenters. The van der Waals surface area contributed by atoms with Crippen LogP contribution in [0.1, 0.15) is 25.5 Å². The molecule has 5 rings (SSSR count). The molecule has 1 aliphatic heterocycles. The number of phenols is 1. The largest absolute Gasteiger partial charge is 0.507 e. The van der Waals surface area contributed by atoms with Crippen molar-refractivity contribution in [1.82, 2.24) is 19.7 Å². The number of carbonyl (C=O) groups excluding carboxylic acids is 1. The van der Waals surface area contributed by atoms with E-state index in [0.717, 1.165) is 42.5 Å². The smallest absolute Gasteiger partial charge is 0.233 e. The monoisotopic (exact) mass is 462 g/mol. The van der Waals surface area contributed by atoms with Gasteiger partial charge in [-0.2, -0.15) is 0 Å². The average Bonchev–Trinajstić information content (AvgIpc) is 3.48. The molecule has 4 aromatic rings. The molecule has 0 unspecified atom stereocenters. The van der Waals surface area contributed by atoms with Gasteiger partial charge in [0, 0.05) is 13.1 Å². The van der Waals surface area contributed by atoms with Gasteiger partial charge in [-0.15, -0.1) is 10.2 Å². The van der Waals surface area contributed by atoms with Gasteiger partial charge >= 0.3 is 0 Å². The van der Waals surface area contributed by atoms with Gasteiger partial charge in [0.2, 0.25) is 5.91 Å². The van der Waals surface area contributed by atoms with Gasteiger partial charge in [-0.3, -0.25) is 9.36 Å². The second-order valence-corrected chi connectivity index (χ2v) is 9.48. The van der Waals surface area contributed by atoms with Crippen LogP contribution in [0.4, 0.5) is 0 Å². The van der Waals surface area contributed by atoms with E-state index in [1.807, 2.05) is 51.9 Å². The van der Waals surface area contributed by atoms with E-state index < -0.39 is 0 Å². The standard InChI is InChI=1S/C25H26N4O3S/c1-17-8-10-28(11-9-17)23(31)16-33-25-27-26-24(29(25)15-20-7-4-12-32-20)21-13-18-5-2-3-6-19(18)14-22(21)30/h2-7,12-14,17,30H,8-11,15-16H2,1H3. The van der Waals surface area contributed by atoms with Crippen molar-refractivity contribution >= 4 is 28.4 Å². The summed E-state index contributed by atoms with van der Waals surface area (Å²) in [6, 6.07) is 15.2. The highest BCUT2D eigenvalue weighted by atomic mass is 32.2. The van der Waals surface area contributed by atoms with Crippen LogP contribution in [0.5, 0.6) is 5.75 Å². The lowest BCUT2D eigenvalue weighted by Crippen LogP contribution is -2.38. The van der Waals surface area contributed by atoms with Gasteiger partial charge in [0.05, 0.1) is 24.1 Å². The Balaban J connectivity index is 1.44. The number of phenolic OH excluding ortho intramolecular Hbond substituents is 1. The molecule has 0 bridgehead atoms. The Kier molecular flexibility index (Phi) is 6.09. The minimum atomic E-state index is 0.120. The fourth-order valence-corrected chi connectivity index (χ4v) is 5.02. The first-order valence-electron chi connectivity index (χ1n) is 11.2. The molecule has 3 heterocycles. The number of furan rings is 1. The predicted molar refractivity (Wildman–Crippen MR) is 128 cm³/mol. The van der Waals surface area contributed by atoms with Gasteiger partial charge in [-0.05, 0) is 53.8 Å². The predicted octanol–water partition coefficient (Wildman–Crippen LogP) is 4.80. The molecule has 0 spiro atoms. The zero-order valence-electron chi connectivity index (χ0n) is 18.5. The zero-order chi connectivity index (χ0) is 22.8. The Hall–Kier alpha value is -3.26. The van der Waals surface area contributed by atoms with Gasteiger partial charge < -0.3 is 14.4 Å². The van der Waals surface area contributed by atoms with E-state index in [9.17, 15) is 9.90 Å². The Morgan fingerprint density at radius 2 is 1.88 bits per heavy atom. The van der Waals surface area contributed by atoms with Crippen molar-refractivity contribution in [3.8, 4) is 17.1 Å². The zero-order valence-corrected chi connectivity index (χ0v) is 19.3. The molecule has 0 saturated carbocycles. The molecular formula is C25H26N4O3S. The number of hydrogen-bond acceptors (Lipinski definition) is 6. The number of piperidine rings is 1. The van der Waals surface area contributed by atoms with Gasteiger partial charge in [0.1, 0.15) is 11.5 Å². The van der Waals surface area contributed by atoms with E-state index >= 15 is 0 Å². The number of carbonyl (C=O) groups is 1. The lowest BCUT2D eigenvalue weighted by atomic mass is 9.99. The molecule has 1 saturated heterocycles. The maximum Gasteiger partial charge on any atom is 0.233 e. The van der Waals surface area contributed by atoms with Crippen molar-refractivity contribution in [2.24, 2.45) is 5.92 Å². The topological polar surface area (TPSA) is 84.4 Å². The molecular weight excluding hydrogens is 436 g/mol. The molecule has 170 valence electrons. The molecule has 7 nitrogen and oxygen atoms in total. The third kappa shape index (κ3) is 4.61.